The van der Waals surface area contributed by atoms with E-state index in [4.69, 9.17) is 10.8 Å². The van der Waals surface area contributed by atoms with Crippen LogP contribution in [0.3, 0.4) is 0 Å². The van der Waals surface area contributed by atoms with Crippen LogP contribution in [0.2, 0.25) is 0 Å². The molecule has 0 saturated carbocycles. The van der Waals surface area contributed by atoms with Crippen LogP contribution in [0.4, 0.5) is 13.2 Å². The van der Waals surface area contributed by atoms with Crippen LogP contribution < -0.4 is 5.73 Å². The molecule has 1 aromatic carbocycles. The van der Waals surface area contributed by atoms with Crippen LogP contribution in [0.15, 0.2) is 30.6 Å². The van der Waals surface area contributed by atoms with E-state index in [0.717, 1.165) is 0 Å². The monoisotopic (exact) mass is 324 g/mol. The maximum atomic E-state index is 13.4. The summed E-state index contributed by atoms with van der Waals surface area (Å²) < 4.78 is 40.1. The molecule has 2 rings (SSSR count). The molecule has 0 fully saturated rings. The van der Waals surface area contributed by atoms with Gasteiger partial charge >= 0.3 is 12.1 Å². The number of rotatable bonds is 3. The van der Waals surface area contributed by atoms with E-state index in [1.165, 1.54) is 31.5 Å². The highest BCUT2D eigenvalue weighted by molar-refractivity contribution is 6.07. The molecule has 23 heavy (non-hydrogen) atoms. The standard InChI is InChI=1S/C15H11F3N2O3/c1-7-11(8-3-2-4-20-6-8)10(15(16,17)18)5-9(14(22)23)12(7)13(19)21/h2-6H,1H3,(H2,19,21)(H,22,23). The first kappa shape index (κ1) is 16.5. The first-order valence-corrected chi connectivity index (χ1v) is 6.33. The van der Waals surface area contributed by atoms with Crippen LogP contribution in [0, 0.1) is 6.92 Å². The Labute approximate surface area is 128 Å². The van der Waals surface area contributed by atoms with Crippen molar-refractivity contribution >= 4 is 11.9 Å². The maximum absolute atomic E-state index is 13.4. The third kappa shape index (κ3) is 3.01. The highest BCUT2D eigenvalue weighted by Gasteiger charge is 2.37. The van der Waals surface area contributed by atoms with Crippen molar-refractivity contribution in [3.8, 4) is 11.1 Å². The largest absolute Gasteiger partial charge is 0.478 e. The predicted octanol–water partition coefficient (Wildman–Crippen LogP) is 2.87. The summed E-state index contributed by atoms with van der Waals surface area (Å²) in [6, 6.07) is 3.25. The number of hydrogen-bond donors (Lipinski definition) is 2. The summed E-state index contributed by atoms with van der Waals surface area (Å²) in [6.07, 6.45) is -2.23. The van der Waals surface area contributed by atoms with Gasteiger partial charge in [0.25, 0.3) is 0 Å². The van der Waals surface area contributed by atoms with E-state index in [1.807, 2.05) is 0 Å². The van der Waals surface area contributed by atoms with Gasteiger partial charge in [-0.25, -0.2) is 4.79 Å². The number of hydrogen-bond acceptors (Lipinski definition) is 3. The summed E-state index contributed by atoms with van der Waals surface area (Å²) in [5, 5.41) is 9.10. The quantitative estimate of drug-likeness (QED) is 0.908. The fraction of sp³-hybridized carbons (Fsp3) is 0.133. The van der Waals surface area contributed by atoms with Crippen LogP contribution in [0.1, 0.15) is 31.8 Å². The molecule has 1 amide bonds. The number of nitrogens with two attached hydrogens (primary N) is 1. The summed E-state index contributed by atoms with van der Waals surface area (Å²) in [6.45, 7) is 1.23. The second-order valence-corrected chi connectivity index (χ2v) is 4.76. The van der Waals surface area contributed by atoms with Gasteiger partial charge in [-0.1, -0.05) is 6.07 Å². The van der Waals surface area contributed by atoms with Gasteiger partial charge in [0.2, 0.25) is 5.91 Å². The summed E-state index contributed by atoms with van der Waals surface area (Å²) >= 11 is 0. The molecule has 0 radical (unpaired) electrons. The normalized spacial score (nSPS) is 11.3. The van der Waals surface area contributed by atoms with Crippen LogP contribution in [0.5, 0.6) is 0 Å². The van der Waals surface area contributed by atoms with Crippen molar-refractivity contribution in [1.82, 2.24) is 4.98 Å². The molecule has 0 aliphatic carbocycles. The average molecular weight is 324 g/mol. The van der Waals surface area contributed by atoms with Crippen molar-refractivity contribution in [2.24, 2.45) is 5.73 Å². The molecular formula is C15H11F3N2O3. The molecule has 0 bridgehead atoms. The fourth-order valence-corrected chi connectivity index (χ4v) is 2.41. The minimum absolute atomic E-state index is 0.108. The topological polar surface area (TPSA) is 93.3 Å². The van der Waals surface area contributed by atoms with E-state index in [0.29, 0.717) is 6.07 Å². The Morgan fingerprint density at radius 2 is 1.96 bits per heavy atom. The van der Waals surface area contributed by atoms with Crippen LogP contribution in [-0.2, 0) is 6.18 Å². The van der Waals surface area contributed by atoms with Crippen LogP contribution in [-0.4, -0.2) is 22.0 Å². The fourth-order valence-electron chi connectivity index (χ4n) is 2.41. The molecular weight excluding hydrogens is 313 g/mol. The van der Waals surface area contributed by atoms with Gasteiger partial charge in [0.05, 0.1) is 16.7 Å². The second kappa shape index (κ2) is 5.71. The molecule has 5 nitrogen and oxygen atoms in total. The van der Waals surface area contributed by atoms with E-state index in [2.05, 4.69) is 4.98 Å². The number of aromatic carboxylic acids is 1. The predicted molar refractivity (Wildman–Crippen MR) is 74.9 cm³/mol. The van der Waals surface area contributed by atoms with Crippen molar-refractivity contribution in [3.63, 3.8) is 0 Å². The molecule has 1 aromatic heterocycles. The number of halogens is 3. The first-order chi connectivity index (χ1) is 10.6. The molecule has 0 aliphatic heterocycles. The van der Waals surface area contributed by atoms with Crippen LogP contribution in [0.25, 0.3) is 11.1 Å². The van der Waals surface area contributed by atoms with Crippen molar-refractivity contribution in [2.75, 3.05) is 0 Å². The van der Waals surface area contributed by atoms with Crippen LogP contribution >= 0.6 is 0 Å². The summed E-state index contributed by atoms with van der Waals surface area (Å²) in [4.78, 5) is 26.5. The molecule has 0 atom stereocenters. The van der Waals surface area contributed by atoms with E-state index >= 15 is 0 Å². The van der Waals surface area contributed by atoms with Gasteiger partial charge in [-0.2, -0.15) is 13.2 Å². The zero-order valence-corrected chi connectivity index (χ0v) is 11.8. The molecule has 8 heteroatoms. The number of benzene rings is 1. The van der Waals surface area contributed by atoms with Gasteiger partial charge in [0.15, 0.2) is 0 Å². The Hall–Kier alpha value is -2.90. The van der Waals surface area contributed by atoms with E-state index in [1.54, 1.807) is 0 Å². The number of carbonyl (C=O) groups is 2. The molecule has 3 N–H and O–H groups in total. The number of carboxylic acids is 1. The number of nitrogens with zero attached hydrogens (tertiary/aromatic N) is 1. The summed E-state index contributed by atoms with van der Waals surface area (Å²) in [7, 11) is 0. The number of amides is 1. The van der Waals surface area contributed by atoms with Crippen molar-refractivity contribution in [1.29, 1.82) is 0 Å². The average Bonchev–Trinajstić information content (AvgIpc) is 2.45. The Morgan fingerprint density at radius 3 is 2.39 bits per heavy atom. The van der Waals surface area contributed by atoms with Crippen molar-refractivity contribution in [3.05, 3.63) is 52.8 Å². The Balaban J connectivity index is 2.97. The van der Waals surface area contributed by atoms with Crippen molar-refractivity contribution < 1.29 is 27.9 Å². The smallest absolute Gasteiger partial charge is 0.417 e. The number of alkyl halides is 3. The minimum Gasteiger partial charge on any atom is -0.478 e. The molecule has 0 saturated heterocycles. The molecule has 2 aromatic rings. The zero-order chi connectivity index (χ0) is 17.4. The van der Waals surface area contributed by atoms with Gasteiger partial charge in [0, 0.05) is 18.0 Å². The third-order valence-corrected chi connectivity index (χ3v) is 3.31. The van der Waals surface area contributed by atoms with E-state index < -0.39 is 34.7 Å². The zero-order valence-electron chi connectivity index (χ0n) is 11.8. The Bertz CT molecular complexity index is 787. The maximum Gasteiger partial charge on any atom is 0.417 e. The Morgan fingerprint density at radius 1 is 1.30 bits per heavy atom. The SMILES string of the molecule is Cc1c(C(N)=O)c(C(=O)O)cc(C(F)(F)F)c1-c1cccnc1. The van der Waals surface area contributed by atoms with Gasteiger partial charge in [-0.3, -0.25) is 9.78 Å². The lowest BCUT2D eigenvalue weighted by Gasteiger charge is -2.19. The highest BCUT2D eigenvalue weighted by atomic mass is 19.4. The van der Waals surface area contributed by atoms with Crippen molar-refractivity contribution in [2.45, 2.75) is 13.1 Å². The lowest BCUT2D eigenvalue weighted by molar-refractivity contribution is -0.137. The second-order valence-electron chi connectivity index (χ2n) is 4.76. The lowest BCUT2D eigenvalue weighted by Crippen LogP contribution is -2.21. The summed E-state index contributed by atoms with van der Waals surface area (Å²) in [5.74, 6) is -2.77. The molecule has 0 spiro atoms. The molecule has 0 unspecified atom stereocenters. The number of carbonyl (C=O) groups excluding carboxylic acids is 1. The van der Waals surface area contributed by atoms with E-state index in [9.17, 15) is 22.8 Å². The minimum atomic E-state index is -4.81. The van der Waals surface area contributed by atoms with Gasteiger partial charge in [-0.15, -0.1) is 0 Å². The van der Waals surface area contributed by atoms with E-state index in [-0.39, 0.29) is 16.7 Å². The van der Waals surface area contributed by atoms with Gasteiger partial charge in [0.1, 0.15) is 0 Å². The number of pyridine rings is 1. The third-order valence-electron chi connectivity index (χ3n) is 3.31. The summed E-state index contributed by atoms with van der Waals surface area (Å²) in [5.41, 5.74) is 2.40. The van der Waals surface area contributed by atoms with Gasteiger partial charge < -0.3 is 10.8 Å². The molecule has 0 aliphatic rings. The molecule has 1 heterocycles. The van der Waals surface area contributed by atoms with Gasteiger partial charge in [-0.05, 0) is 30.2 Å². The number of carboxylic acid groups (broad SMARTS) is 1. The number of aromatic nitrogens is 1. The molecule has 120 valence electrons. The lowest BCUT2D eigenvalue weighted by atomic mass is 9.88. The first-order valence-electron chi connectivity index (χ1n) is 6.33. The highest BCUT2D eigenvalue weighted by Crippen LogP contribution is 2.41. The Kier molecular flexibility index (Phi) is 4.09. The number of primary amides is 1.